The molecule has 0 saturated heterocycles. The Hall–Kier alpha value is -2.18. The monoisotopic (exact) mass is 184 g/mol. The highest BCUT2D eigenvalue weighted by molar-refractivity contribution is 5.91. The Bertz CT molecular complexity index is 421. The Morgan fingerprint density at radius 3 is 2.69 bits per heavy atom. The second-order valence-electron chi connectivity index (χ2n) is 2.16. The summed E-state index contributed by atoms with van der Waals surface area (Å²) in [5, 5.41) is 18.7. The maximum Gasteiger partial charge on any atom is 0.344 e. The fourth-order valence-electron chi connectivity index (χ4n) is 0.783. The third-order valence-electron chi connectivity index (χ3n) is 1.33. The van der Waals surface area contributed by atoms with Crippen LogP contribution in [0.1, 0.15) is 10.4 Å². The van der Waals surface area contributed by atoms with Gasteiger partial charge < -0.3 is 10.1 Å². The van der Waals surface area contributed by atoms with Gasteiger partial charge >= 0.3 is 5.97 Å². The summed E-state index contributed by atoms with van der Waals surface area (Å²) >= 11 is 0. The Balaban J connectivity index is 3.44. The van der Waals surface area contributed by atoms with Crippen molar-refractivity contribution in [3.63, 3.8) is 0 Å². The van der Waals surface area contributed by atoms with Crippen LogP contribution in [0.2, 0.25) is 0 Å². The molecular weight excluding hydrogens is 180 g/mol. The van der Waals surface area contributed by atoms with Crippen molar-refractivity contribution >= 4 is 11.7 Å². The molecule has 1 aromatic heterocycles. The van der Waals surface area contributed by atoms with Crippen LogP contribution >= 0.6 is 0 Å². The maximum absolute atomic E-state index is 10.6. The topological polar surface area (TPSA) is 113 Å². The molecule has 0 aliphatic rings. The van der Waals surface area contributed by atoms with Gasteiger partial charge in [-0.25, -0.2) is 4.79 Å². The van der Waals surface area contributed by atoms with Crippen LogP contribution < -0.4 is 5.56 Å². The SMILES string of the molecule is O=C(O)c1c[nH]c(=O)cc1[N+](=O)[O-]. The highest BCUT2D eigenvalue weighted by Crippen LogP contribution is 2.13. The van der Waals surface area contributed by atoms with Gasteiger partial charge in [0.15, 0.2) is 5.56 Å². The third-order valence-corrected chi connectivity index (χ3v) is 1.33. The molecule has 0 fully saturated rings. The average Bonchev–Trinajstić information content (AvgIpc) is 2.03. The second-order valence-corrected chi connectivity index (χ2v) is 2.16. The lowest BCUT2D eigenvalue weighted by Crippen LogP contribution is -2.11. The fraction of sp³-hybridized carbons (Fsp3) is 0. The summed E-state index contributed by atoms with van der Waals surface area (Å²) < 4.78 is 0. The fourth-order valence-corrected chi connectivity index (χ4v) is 0.783. The number of aromatic amines is 1. The number of hydrogen-bond acceptors (Lipinski definition) is 4. The quantitative estimate of drug-likeness (QED) is 0.495. The first-order valence-electron chi connectivity index (χ1n) is 3.13. The smallest absolute Gasteiger partial charge is 0.344 e. The lowest BCUT2D eigenvalue weighted by molar-refractivity contribution is -0.385. The summed E-state index contributed by atoms with van der Waals surface area (Å²) in [5.41, 5.74) is -1.96. The predicted molar refractivity (Wildman–Crippen MR) is 40.7 cm³/mol. The summed E-state index contributed by atoms with van der Waals surface area (Å²) in [4.78, 5) is 32.4. The van der Waals surface area contributed by atoms with Crippen molar-refractivity contribution in [1.29, 1.82) is 0 Å². The highest BCUT2D eigenvalue weighted by atomic mass is 16.6. The van der Waals surface area contributed by atoms with Crippen LogP contribution in [0.25, 0.3) is 0 Å². The molecule has 0 amide bonds. The lowest BCUT2D eigenvalue weighted by atomic mass is 10.2. The molecule has 0 aliphatic carbocycles. The number of nitrogens with zero attached hydrogens (tertiary/aromatic N) is 1. The Morgan fingerprint density at radius 1 is 1.62 bits per heavy atom. The Labute approximate surface area is 70.8 Å². The maximum atomic E-state index is 10.6. The van der Waals surface area contributed by atoms with Gasteiger partial charge in [0.05, 0.1) is 11.0 Å². The second kappa shape index (κ2) is 3.05. The number of nitrogens with one attached hydrogen (secondary N) is 1. The lowest BCUT2D eigenvalue weighted by Gasteiger charge is -1.94. The van der Waals surface area contributed by atoms with Crippen molar-refractivity contribution in [2.45, 2.75) is 0 Å². The molecule has 2 N–H and O–H groups in total. The first-order chi connectivity index (χ1) is 6.02. The van der Waals surface area contributed by atoms with Gasteiger partial charge in [0, 0.05) is 6.20 Å². The zero-order chi connectivity index (χ0) is 10.0. The number of carbonyl (C=O) groups is 1. The van der Waals surface area contributed by atoms with Gasteiger partial charge in [-0.2, -0.15) is 0 Å². The van der Waals surface area contributed by atoms with E-state index in [1.807, 2.05) is 4.98 Å². The summed E-state index contributed by atoms with van der Waals surface area (Å²) in [6.45, 7) is 0. The van der Waals surface area contributed by atoms with E-state index in [-0.39, 0.29) is 0 Å². The molecule has 68 valence electrons. The van der Waals surface area contributed by atoms with Crippen LogP contribution in [-0.4, -0.2) is 21.0 Å². The van der Waals surface area contributed by atoms with Crippen molar-refractivity contribution in [3.05, 3.63) is 38.3 Å². The van der Waals surface area contributed by atoms with Crippen LogP contribution in [0.5, 0.6) is 0 Å². The summed E-state index contributed by atoms with van der Waals surface area (Å²) in [6, 6.07) is 0.628. The number of H-pyrrole nitrogens is 1. The molecule has 0 spiro atoms. The standard InChI is InChI=1S/C6H4N2O5/c9-5-1-4(8(12)13)3(2-7-5)6(10)11/h1-2H,(H,7,9)(H,10,11). The van der Waals surface area contributed by atoms with Gasteiger partial charge in [0.25, 0.3) is 11.2 Å². The van der Waals surface area contributed by atoms with Crippen LogP contribution in [0.4, 0.5) is 5.69 Å². The van der Waals surface area contributed by atoms with E-state index >= 15 is 0 Å². The van der Waals surface area contributed by atoms with Crippen molar-refractivity contribution in [2.24, 2.45) is 0 Å². The van der Waals surface area contributed by atoms with Gasteiger partial charge in [-0.3, -0.25) is 14.9 Å². The number of pyridine rings is 1. The summed E-state index contributed by atoms with van der Waals surface area (Å²) in [5.74, 6) is -1.46. The van der Waals surface area contributed by atoms with E-state index in [1.165, 1.54) is 0 Å². The van der Waals surface area contributed by atoms with E-state index in [0.717, 1.165) is 6.20 Å². The molecule has 1 aromatic rings. The molecule has 7 nitrogen and oxygen atoms in total. The number of hydrogen-bond donors (Lipinski definition) is 2. The van der Waals surface area contributed by atoms with Gasteiger partial charge in [-0.15, -0.1) is 0 Å². The molecule has 7 heteroatoms. The molecule has 0 unspecified atom stereocenters. The molecule has 0 radical (unpaired) electrons. The first-order valence-corrected chi connectivity index (χ1v) is 3.13. The minimum atomic E-state index is -1.46. The Kier molecular flexibility index (Phi) is 2.09. The van der Waals surface area contributed by atoms with Gasteiger partial charge in [-0.1, -0.05) is 0 Å². The van der Waals surface area contributed by atoms with Gasteiger partial charge in [0.1, 0.15) is 0 Å². The number of carboxylic acids is 1. The number of nitro groups is 1. The van der Waals surface area contributed by atoms with Gasteiger partial charge in [0.2, 0.25) is 0 Å². The summed E-state index contributed by atoms with van der Waals surface area (Å²) in [7, 11) is 0. The molecule has 1 heterocycles. The number of aromatic nitrogens is 1. The van der Waals surface area contributed by atoms with E-state index < -0.39 is 27.7 Å². The van der Waals surface area contributed by atoms with Crippen LogP contribution in [0, 0.1) is 10.1 Å². The minimum absolute atomic E-state index is 0.537. The average molecular weight is 184 g/mol. The minimum Gasteiger partial charge on any atom is -0.477 e. The molecule has 0 saturated carbocycles. The van der Waals surface area contributed by atoms with Gasteiger partial charge in [-0.05, 0) is 0 Å². The van der Waals surface area contributed by atoms with E-state index in [4.69, 9.17) is 5.11 Å². The van der Waals surface area contributed by atoms with E-state index in [1.54, 1.807) is 0 Å². The van der Waals surface area contributed by atoms with Crippen molar-refractivity contribution < 1.29 is 14.8 Å². The van der Waals surface area contributed by atoms with Crippen LogP contribution in [0.3, 0.4) is 0 Å². The van der Waals surface area contributed by atoms with Crippen LogP contribution in [-0.2, 0) is 0 Å². The molecule has 0 aromatic carbocycles. The van der Waals surface area contributed by atoms with Crippen molar-refractivity contribution in [1.82, 2.24) is 4.98 Å². The molecule has 13 heavy (non-hydrogen) atoms. The summed E-state index contributed by atoms with van der Waals surface area (Å²) in [6.07, 6.45) is 0.794. The number of aromatic carboxylic acids is 1. The molecule has 0 bridgehead atoms. The van der Waals surface area contributed by atoms with Crippen LogP contribution in [0.15, 0.2) is 17.1 Å². The van der Waals surface area contributed by atoms with Crippen molar-refractivity contribution in [2.75, 3.05) is 0 Å². The molecule has 0 aliphatic heterocycles. The Morgan fingerprint density at radius 2 is 2.23 bits per heavy atom. The number of rotatable bonds is 2. The molecule has 1 rings (SSSR count). The van der Waals surface area contributed by atoms with E-state index in [2.05, 4.69) is 0 Å². The number of carboxylic acid groups (broad SMARTS) is 1. The predicted octanol–water partition coefficient (Wildman–Crippen LogP) is -0.0187. The third kappa shape index (κ3) is 1.70. The molecule has 0 atom stereocenters. The zero-order valence-electron chi connectivity index (χ0n) is 6.18. The van der Waals surface area contributed by atoms with Crippen molar-refractivity contribution in [3.8, 4) is 0 Å². The largest absolute Gasteiger partial charge is 0.477 e. The highest BCUT2D eigenvalue weighted by Gasteiger charge is 2.19. The normalized spacial score (nSPS) is 9.54. The zero-order valence-corrected chi connectivity index (χ0v) is 6.18. The van der Waals surface area contributed by atoms with E-state index in [0.29, 0.717) is 6.07 Å². The first kappa shape index (κ1) is 8.91. The van der Waals surface area contributed by atoms with E-state index in [9.17, 15) is 19.7 Å². The molecular formula is C6H4N2O5.